The molecule has 25 heavy (non-hydrogen) atoms. The third kappa shape index (κ3) is 5.78. The second-order valence-electron chi connectivity index (χ2n) is 6.75. The van der Waals surface area contributed by atoms with Crippen LogP contribution in [0.1, 0.15) is 29.8 Å². The first-order valence-corrected chi connectivity index (χ1v) is 8.88. The van der Waals surface area contributed by atoms with E-state index >= 15 is 0 Å². The molecule has 2 aromatic rings. The molecule has 2 rings (SSSR count). The predicted octanol–water partition coefficient (Wildman–Crippen LogP) is 4.47. The van der Waals surface area contributed by atoms with E-state index in [2.05, 4.69) is 47.2 Å². The summed E-state index contributed by atoms with van der Waals surface area (Å²) >= 11 is 3.45. The van der Waals surface area contributed by atoms with Crippen molar-refractivity contribution in [1.29, 1.82) is 0 Å². The monoisotopic (exact) mass is 405 g/mol. The van der Waals surface area contributed by atoms with Gasteiger partial charge >= 0.3 is 0 Å². The molecule has 0 fully saturated rings. The summed E-state index contributed by atoms with van der Waals surface area (Å²) in [5, 5.41) is 3.01. The number of carbonyl (C=O) groups is 1. The summed E-state index contributed by atoms with van der Waals surface area (Å²) in [6.07, 6.45) is 0.877. The number of hydrogen-bond donors (Lipinski definition) is 1. The van der Waals surface area contributed by atoms with Crippen LogP contribution in [0.4, 0.5) is 0 Å². The maximum atomic E-state index is 12.5. The largest absolute Gasteiger partial charge is 0.497 e. The summed E-state index contributed by atoms with van der Waals surface area (Å²) in [5.74, 6) is 1.05. The number of amides is 1. The van der Waals surface area contributed by atoms with Crippen molar-refractivity contribution < 1.29 is 14.3 Å². The Hall–Kier alpha value is -2.01. The van der Waals surface area contributed by atoms with Gasteiger partial charge in [0.05, 0.1) is 14.2 Å². The molecular weight excluding hydrogens is 382 g/mol. The fraction of sp³-hybridized carbons (Fsp3) is 0.350. The number of carbonyl (C=O) groups excluding carboxylic acids is 1. The highest BCUT2D eigenvalue weighted by Crippen LogP contribution is 2.24. The zero-order valence-electron chi connectivity index (χ0n) is 15.1. The van der Waals surface area contributed by atoms with Crippen molar-refractivity contribution in [3.8, 4) is 11.5 Å². The molecule has 0 atom stereocenters. The van der Waals surface area contributed by atoms with Crippen molar-refractivity contribution in [1.82, 2.24) is 5.32 Å². The average Bonchev–Trinajstić information content (AvgIpc) is 2.61. The van der Waals surface area contributed by atoms with Gasteiger partial charge < -0.3 is 14.8 Å². The molecule has 2 aromatic carbocycles. The molecule has 0 saturated carbocycles. The Kier molecular flexibility index (Phi) is 6.48. The van der Waals surface area contributed by atoms with Gasteiger partial charge in [0.1, 0.15) is 11.5 Å². The Morgan fingerprint density at radius 1 is 1.04 bits per heavy atom. The van der Waals surface area contributed by atoms with Gasteiger partial charge in [-0.05, 0) is 41.7 Å². The first kappa shape index (κ1) is 19.3. The van der Waals surface area contributed by atoms with E-state index in [1.165, 1.54) is 5.56 Å². The Balaban J connectivity index is 2.01. The fourth-order valence-corrected chi connectivity index (χ4v) is 2.84. The second kappa shape index (κ2) is 8.39. The molecule has 5 heteroatoms. The maximum absolute atomic E-state index is 12.5. The molecule has 0 saturated heterocycles. The second-order valence-corrected chi connectivity index (χ2v) is 7.67. The molecule has 0 aromatic heterocycles. The average molecular weight is 406 g/mol. The molecule has 1 N–H and O–H groups in total. The summed E-state index contributed by atoms with van der Waals surface area (Å²) in [4.78, 5) is 12.5. The van der Waals surface area contributed by atoms with Gasteiger partial charge in [-0.1, -0.05) is 41.9 Å². The van der Waals surface area contributed by atoms with Crippen LogP contribution in [-0.2, 0) is 6.42 Å². The van der Waals surface area contributed by atoms with E-state index in [9.17, 15) is 4.79 Å². The standard InChI is InChI=1S/C20H24BrNO3/c1-20(2,12-14-5-7-16(21)8-6-14)13-22-19(23)15-9-17(24-3)11-18(10-15)25-4/h5-11H,12-13H2,1-4H3,(H,22,23). The number of rotatable bonds is 7. The predicted molar refractivity (Wildman–Crippen MR) is 104 cm³/mol. The molecule has 1 amide bonds. The van der Waals surface area contributed by atoms with Crippen molar-refractivity contribution >= 4 is 21.8 Å². The van der Waals surface area contributed by atoms with Crippen LogP contribution in [0.5, 0.6) is 11.5 Å². The van der Waals surface area contributed by atoms with E-state index < -0.39 is 0 Å². The van der Waals surface area contributed by atoms with Gasteiger partial charge in [-0.3, -0.25) is 4.79 Å². The fourth-order valence-electron chi connectivity index (χ4n) is 2.58. The number of benzene rings is 2. The van der Waals surface area contributed by atoms with Gasteiger partial charge in [-0.15, -0.1) is 0 Å². The van der Waals surface area contributed by atoms with Gasteiger partial charge in [0.2, 0.25) is 0 Å². The lowest BCUT2D eigenvalue weighted by molar-refractivity contribution is 0.0935. The van der Waals surface area contributed by atoms with E-state index in [0.29, 0.717) is 23.6 Å². The summed E-state index contributed by atoms with van der Waals surface area (Å²) < 4.78 is 11.5. The molecule has 0 aliphatic carbocycles. The molecular formula is C20H24BrNO3. The van der Waals surface area contributed by atoms with Gasteiger partial charge in [0.25, 0.3) is 5.91 Å². The first-order valence-electron chi connectivity index (χ1n) is 8.09. The van der Waals surface area contributed by atoms with Gasteiger partial charge in [0, 0.05) is 22.6 Å². The summed E-state index contributed by atoms with van der Waals surface area (Å²) in [6, 6.07) is 13.4. The normalized spacial score (nSPS) is 11.1. The number of halogens is 1. The van der Waals surface area contributed by atoms with E-state index in [-0.39, 0.29) is 11.3 Å². The number of hydrogen-bond acceptors (Lipinski definition) is 3. The molecule has 0 heterocycles. The molecule has 4 nitrogen and oxygen atoms in total. The van der Waals surface area contributed by atoms with Crippen LogP contribution in [0.15, 0.2) is 46.9 Å². The van der Waals surface area contributed by atoms with E-state index in [1.807, 2.05) is 12.1 Å². The third-order valence-corrected chi connectivity index (χ3v) is 4.47. The van der Waals surface area contributed by atoms with Crippen LogP contribution in [0, 0.1) is 5.41 Å². The molecule has 0 bridgehead atoms. The molecule has 0 aliphatic heterocycles. The highest BCUT2D eigenvalue weighted by atomic mass is 79.9. The van der Waals surface area contributed by atoms with Crippen molar-refractivity contribution in [2.24, 2.45) is 5.41 Å². The Bertz CT molecular complexity index is 704. The molecule has 0 aliphatic rings. The van der Waals surface area contributed by atoms with Crippen LogP contribution < -0.4 is 14.8 Å². The quantitative estimate of drug-likeness (QED) is 0.739. The van der Waals surface area contributed by atoms with E-state index in [4.69, 9.17) is 9.47 Å². The van der Waals surface area contributed by atoms with Gasteiger partial charge in [0.15, 0.2) is 0 Å². The van der Waals surface area contributed by atoms with E-state index in [0.717, 1.165) is 10.9 Å². The van der Waals surface area contributed by atoms with Gasteiger partial charge in [-0.25, -0.2) is 0 Å². The van der Waals surface area contributed by atoms with Crippen molar-refractivity contribution in [3.05, 3.63) is 58.1 Å². The molecule has 134 valence electrons. The van der Waals surface area contributed by atoms with Gasteiger partial charge in [-0.2, -0.15) is 0 Å². The number of methoxy groups -OCH3 is 2. The van der Waals surface area contributed by atoms with Crippen LogP contribution in [0.25, 0.3) is 0 Å². The smallest absolute Gasteiger partial charge is 0.251 e. The zero-order chi connectivity index (χ0) is 18.4. The zero-order valence-corrected chi connectivity index (χ0v) is 16.6. The minimum absolute atomic E-state index is 0.0631. The summed E-state index contributed by atoms with van der Waals surface area (Å²) in [5.41, 5.74) is 1.70. The number of ether oxygens (including phenoxy) is 2. The van der Waals surface area contributed by atoms with Crippen molar-refractivity contribution in [2.75, 3.05) is 20.8 Å². The topological polar surface area (TPSA) is 47.6 Å². The van der Waals surface area contributed by atoms with Crippen LogP contribution >= 0.6 is 15.9 Å². The Morgan fingerprint density at radius 3 is 2.12 bits per heavy atom. The number of nitrogens with one attached hydrogen (secondary N) is 1. The maximum Gasteiger partial charge on any atom is 0.251 e. The minimum atomic E-state index is -0.138. The minimum Gasteiger partial charge on any atom is -0.497 e. The van der Waals surface area contributed by atoms with Crippen molar-refractivity contribution in [3.63, 3.8) is 0 Å². The third-order valence-electron chi connectivity index (χ3n) is 3.94. The lowest BCUT2D eigenvalue weighted by atomic mass is 9.85. The first-order chi connectivity index (χ1) is 11.8. The van der Waals surface area contributed by atoms with Crippen molar-refractivity contribution in [2.45, 2.75) is 20.3 Å². The Morgan fingerprint density at radius 2 is 1.60 bits per heavy atom. The molecule has 0 unspecified atom stereocenters. The lowest BCUT2D eigenvalue weighted by Gasteiger charge is -2.25. The lowest BCUT2D eigenvalue weighted by Crippen LogP contribution is -2.35. The highest BCUT2D eigenvalue weighted by molar-refractivity contribution is 9.10. The summed E-state index contributed by atoms with van der Waals surface area (Å²) in [6.45, 7) is 4.85. The molecule has 0 spiro atoms. The summed E-state index contributed by atoms with van der Waals surface area (Å²) in [7, 11) is 3.13. The van der Waals surface area contributed by atoms with Crippen LogP contribution in [0.2, 0.25) is 0 Å². The van der Waals surface area contributed by atoms with E-state index in [1.54, 1.807) is 32.4 Å². The SMILES string of the molecule is COc1cc(OC)cc(C(=O)NCC(C)(C)Cc2ccc(Br)cc2)c1. The van der Waals surface area contributed by atoms with Crippen LogP contribution in [-0.4, -0.2) is 26.7 Å². The highest BCUT2D eigenvalue weighted by Gasteiger charge is 2.20. The van der Waals surface area contributed by atoms with Crippen LogP contribution in [0.3, 0.4) is 0 Å². The Labute approximate surface area is 157 Å². The molecule has 0 radical (unpaired) electrons.